The molecule has 0 bridgehead atoms. The van der Waals surface area contributed by atoms with E-state index in [2.05, 4.69) is 47.9 Å². The molecule has 2 aromatic heterocycles. The Bertz CT molecular complexity index is 872. The van der Waals surface area contributed by atoms with E-state index in [4.69, 9.17) is 0 Å². The summed E-state index contributed by atoms with van der Waals surface area (Å²) < 4.78 is 0. The summed E-state index contributed by atoms with van der Waals surface area (Å²) in [5.41, 5.74) is 2.20. The first-order chi connectivity index (χ1) is 12.2. The Hall–Kier alpha value is -2.96. The van der Waals surface area contributed by atoms with Gasteiger partial charge in [-0.2, -0.15) is 4.98 Å². The Morgan fingerprint density at radius 3 is 2.56 bits per heavy atom. The van der Waals surface area contributed by atoms with Gasteiger partial charge in [0.2, 0.25) is 5.95 Å². The predicted octanol–water partition coefficient (Wildman–Crippen LogP) is 1.81. The van der Waals surface area contributed by atoms with E-state index in [1.54, 1.807) is 6.33 Å². The molecule has 1 aromatic carbocycles. The summed E-state index contributed by atoms with van der Waals surface area (Å²) in [7, 11) is 3.92. The standard InChI is InChI=1S/C18H21N7/c1-23(2)18-20-6-5-17(22-18)25-9-7-24(8-10-25)15-3-4-16-14(11-15)12-19-13-21-16/h3-6,11-13H,7-10H2,1-2H3. The van der Waals surface area contributed by atoms with Gasteiger partial charge in [0.15, 0.2) is 0 Å². The molecule has 7 nitrogen and oxygen atoms in total. The quantitative estimate of drug-likeness (QED) is 0.723. The van der Waals surface area contributed by atoms with Crippen LogP contribution in [-0.4, -0.2) is 60.2 Å². The van der Waals surface area contributed by atoms with Crippen molar-refractivity contribution in [1.82, 2.24) is 19.9 Å². The van der Waals surface area contributed by atoms with E-state index in [9.17, 15) is 0 Å². The summed E-state index contributed by atoms with van der Waals surface area (Å²) in [4.78, 5) is 24.0. The highest BCUT2D eigenvalue weighted by molar-refractivity contribution is 5.81. The smallest absolute Gasteiger partial charge is 0.226 e. The summed E-state index contributed by atoms with van der Waals surface area (Å²) in [5.74, 6) is 1.74. The summed E-state index contributed by atoms with van der Waals surface area (Å²) in [6, 6.07) is 8.35. The molecule has 0 atom stereocenters. The lowest BCUT2D eigenvalue weighted by atomic mass is 10.2. The summed E-state index contributed by atoms with van der Waals surface area (Å²) in [5, 5.41) is 1.08. The van der Waals surface area contributed by atoms with E-state index in [-0.39, 0.29) is 0 Å². The Balaban J connectivity index is 1.48. The second kappa shape index (κ2) is 6.51. The molecule has 1 fully saturated rings. The molecule has 1 saturated heterocycles. The number of piperazine rings is 1. The molecule has 0 aliphatic carbocycles. The van der Waals surface area contributed by atoms with Gasteiger partial charge in [-0.1, -0.05) is 0 Å². The highest BCUT2D eigenvalue weighted by Gasteiger charge is 2.19. The first-order valence-corrected chi connectivity index (χ1v) is 8.41. The predicted molar refractivity (Wildman–Crippen MR) is 100 cm³/mol. The van der Waals surface area contributed by atoms with Crippen molar-refractivity contribution >= 4 is 28.4 Å². The van der Waals surface area contributed by atoms with E-state index in [1.807, 2.05) is 37.5 Å². The van der Waals surface area contributed by atoms with E-state index in [1.165, 1.54) is 5.69 Å². The minimum Gasteiger partial charge on any atom is -0.368 e. The molecular weight excluding hydrogens is 314 g/mol. The van der Waals surface area contributed by atoms with Gasteiger partial charge in [0.1, 0.15) is 12.1 Å². The SMILES string of the molecule is CN(C)c1nccc(N2CCN(c3ccc4ncncc4c3)CC2)n1. The maximum atomic E-state index is 4.64. The number of fused-ring (bicyclic) bond motifs is 1. The number of benzene rings is 1. The Kier molecular flexibility index (Phi) is 4.05. The van der Waals surface area contributed by atoms with Crippen molar-refractivity contribution in [1.29, 1.82) is 0 Å². The molecule has 1 aliphatic heterocycles. The number of nitrogens with zero attached hydrogens (tertiary/aromatic N) is 7. The van der Waals surface area contributed by atoms with Gasteiger partial charge in [0, 0.05) is 63.7 Å². The van der Waals surface area contributed by atoms with E-state index < -0.39 is 0 Å². The van der Waals surface area contributed by atoms with Crippen LogP contribution in [0.1, 0.15) is 0 Å². The molecular formula is C18H21N7. The van der Waals surface area contributed by atoms with Gasteiger partial charge >= 0.3 is 0 Å². The fourth-order valence-electron chi connectivity index (χ4n) is 3.09. The first kappa shape index (κ1) is 15.6. The summed E-state index contributed by atoms with van der Waals surface area (Å²) >= 11 is 0. The number of hydrogen-bond donors (Lipinski definition) is 0. The number of anilines is 3. The highest BCUT2D eigenvalue weighted by Crippen LogP contribution is 2.23. The molecule has 0 amide bonds. The number of hydrogen-bond acceptors (Lipinski definition) is 7. The summed E-state index contributed by atoms with van der Waals surface area (Å²) in [6.45, 7) is 3.79. The van der Waals surface area contributed by atoms with Gasteiger partial charge in [0.05, 0.1) is 5.52 Å². The van der Waals surface area contributed by atoms with Crippen LogP contribution in [0.4, 0.5) is 17.5 Å². The van der Waals surface area contributed by atoms with Crippen LogP contribution >= 0.6 is 0 Å². The molecule has 3 heterocycles. The average Bonchev–Trinajstić information content (AvgIpc) is 2.68. The van der Waals surface area contributed by atoms with Crippen LogP contribution in [0.2, 0.25) is 0 Å². The Labute approximate surface area is 147 Å². The third kappa shape index (κ3) is 3.17. The normalized spacial score (nSPS) is 14.8. The second-order valence-electron chi connectivity index (χ2n) is 6.35. The molecule has 0 spiro atoms. The summed E-state index contributed by atoms with van der Waals surface area (Å²) in [6.07, 6.45) is 5.28. The van der Waals surface area contributed by atoms with Crippen LogP contribution in [0.15, 0.2) is 43.0 Å². The van der Waals surface area contributed by atoms with Gasteiger partial charge in [-0.25, -0.2) is 15.0 Å². The maximum absolute atomic E-state index is 4.64. The monoisotopic (exact) mass is 335 g/mol. The zero-order valence-electron chi connectivity index (χ0n) is 14.5. The van der Waals surface area contributed by atoms with Gasteiger partial charge < -0.3 is 14.7 Å². The maximum Gasteiger partial charge on any atom is 0.226 e. The van der Waals surface area contributed by atoms with Crippen LogP contribution in [0.3, 0.4) is 0 Å². The zero-order chi connectivity index (χ0) is 17.2. The van der Waals surface area contributed by atoms with Crippen molar-refractivity contribution in [3.05, 3.63) is 43.0 Å². The van der Waals surface area contributed by atoms with Crippen LogP contribution in [-0.2, 0) is 0 Å². The minimum atomic E-state index is 0.745. The van der Waals surface area contributed by atoms with Crippen LogP contribution in [0.5, 0.6) is 0 Å². The van der Waals surface area contributed by atoms with Gasteiger partial charge in [-0.3, -0.25) is 0 Å². The Morgan fingerprint density at radius 2 is 1.76 bits per heavy atom. The molecule has 25 heavy (non-hydrogen) atoms. The van der Waals surface area contributed by atoms with Gasteiger partial charge in [0.25, 0.3) is 0 Å². The highest BCUT2D eigenvalue weighted by atomic mass is 15.3. The van der Waals surface area contributed by atoms with Crippen molar-refractivity contribution in [3.8, 4) is 0 Å². The van der Waals surface area contributed by atoms with Crippen LogP contribution in [0, 0.1) is 0 Å². The molecule has 4 rings (SSSR count). The van der Waals surface area contributed by atoms with Crippen LogP contribution in [0.25, 0.3) is 10.9 Å². The minimum absolute atomic E-state index is 0.745. The van der Waals surface area contributed by atoms with E-state index in [0.717, 1.165) is 48.8 Å². The lowest BCUT2D eigenvalue weighted by Crippen LogP contribution is -2.46. The fourth-order valence-corrected chi connectivity index (χ4v) is 3.09. The molecule has 7 heteroatoms. The van der Waals surface area contributed by atoms with Crippen molar-refractivity contribution in [3.63, 3.8) is 0 Å². The number of aromatic nitrogens is 4. The van der Waals surface area contributed by atoms with Gasteiger partial charge in [-0.05, 0) is 24.3 Å². The molecule has 0 radical (unpaired) electrons. The molecule has 3 aromatic rings. The number of rotatable bonds is 3. The molecule has 0 saturated carbocycles. The van der Waals surface area contributed by atoms with Crippen LogP contribution < -0.4 is 14.7 Å². The fraction of sp³-hybridized carbons (Fsp3) is 0.333. The average molecular weight is 335 g/mol. The third-order valence-corrected chi connectivity index (χ3v) is 4.49. The molecule has 0 unspecified atom stereocenters. The Morgan fingerprint density at radius 1 is 0.960 bits per heavy atom. The molecule has 0 N–H and O–H groups in total. The van der Waals surface area contributed by atoms with Crippen molar-refractivity contribution in [2.75, 3.05) is 55.0 Å². The van der Waals surface area contributed by atoms with E-state index >= 15 is 0 Å². The topological polar surface area (TPSA) is 61.3 Å². The molecule has 128 valence electrons. The first-order valence-electron chi connectivity index (χ1n) is 8.41. The zero-order valence-corrected chi connectivity index (χ0v) is 14.5. The molecule has 1 aliphatic rings. The lowest BCUT2D eigenvalue weighted by molar-refractivity contribution is 0.647. The lowest BCUT2D eigenvalue weighted by Gasteiger charge is -2.37. The van der Waals surface area contributed by atoms with E-state index in [0.29, 0.717) is 0 Å². The van der Waals surface area contributed by atoms with Crippen molar-refractivity contribution in [2.24, 2.45) is 0 Å². The van der Waals surface area contributed by atoms with Crippen molar-refractivity contribution < 1.29 is 0 Å². The second-order valence-corrected chi connectivity index (χ2v) is 6.35. The third-order valence-electron chi connectivity index (χ3n) is 4.49. The van der Waals surface area contributed by atoms with Crippen molar-refractivity contribution in [2.45, 2.75) is 0 Å². The largest absolute Gasteiger partial charge is 0.368 e. The van der Waals surface area contributed by atoms with Gasteiger partial charge in [-0.15, -0.1) is 0 Å².